The summed E-state index contributed by atoms with van der Waals surface area (Å²) >= 11 is 1.46. The summed E-state index contributed by atoms with van der Waals surface area (Å²) < 4.78 is 5.90. The monoisotopic (exact) mass is 435 g/mol. The fraction of sp³-hybridized carbons (Fsp3) is 0.360. The number of rotatable bonds is 6. The number of carbonyl (C=O) groups excluding carboxylic acids is 1. The van der Waals surface area contributed by atoms with Gasteiger partial charge in [-0.3, -0.25) is 9.69 Å². The van der Waals surface area contributed by atoms with Gasteiger partial charge in [0.25, 0.3) is 5.91 Å². The van der Waals surface area contributed by atoms with Gasteiger partial charge in [-0.15, -0.1) is 11.3 Å². The Morgan fingerprint density at radius 1 is 1.19 bits per heavy atom. The number of thiazole rings is 1. The molecule has 1 fully saturated rings. The van der Waals surface area contributed by atoms with Crippen molar-refractivity contribution in [3.63, 3.8) is 0 Å². The standard InChI is InChI=1S/C25H29N3O2S/c1-17-9-10-22(18(2)13-17)25-27-19(3)23(31-25)24(29)26-14-21-16-28(11-12-30-21)15-20-7-5-4-6-8-20/h4-10,13,21H,11-12,14-16H2,1-3H3,(H,26,29). The molecule has 2 aromatic carbocycles. The first-order chi connectivity index (χ1) is 15.0. The van der Waals surface area contributed by atoms with Gasteiger partial charge in [-0.25, -0.2) is 4.98 Å². The number of carbonyl (C=O) groups is 1. The Kier molecular flexibility index (Phi) is 6.80. The minimum Gasteiger partial charge on any atom is -0.374 e. The maximum absolute atomic E-state index is 12.9. The van der Waals surface area contributed by atoms with Gasteiger partial charge in [0.15, 0.2) is 0 Å². The van der Waals surface area contributed by atoms with Gasteiger partial charge >= 0.3 is 0 Å². The van der Waals surface area contributed by atoms with Crippen LogP contribution in [0.1, 0.15) is 32.1 Å². The zero-order valence-corrected chi connectivity index (χ0v) is 19.2. The molecule has 1 N–H and O–H groups in total. The van der Waals surface area contributed by atoms with Crippen molar-refractivity contribution in [3.8, 4) is 10.6 Å². The Morgan fingerprint density at radius 2 is 2.00 bits per heavy atom. The first-order valence-electron chi connectivity index (χ1n) is 10.7. The summed E-state index contributed by atoms with van der Waals surface area (Å²) in [6, 6.07) is 16.8. The number of nitrogens with zero attached hydrogens (tertiary/aromatic N) is 2. The van der Waals surface area contributed by atoms with Crippen molar-refractivity contribution in [1.82, 2.24) is 15.2 Å². The van der Waals surface area contributed by atoms with E-state index in [4.69, 9.17) is 4.74 Å². The molecule has 1 aromatic heterocycles. The summed E-state index contributed by atoms with van der Waals surface area (Å²) in [4.78, 5) is 20.6. The average Bonchev–Trinajstić information content (AvgIpc) is 3.14. The third-order valence-corrected chi connectivity index (χ3v) is 6.77. The number of amides is 1. The quantitative estimate of drug-likeness (QED) is 0.625. The van der Waals surface area contributed by atoms with Gasteiger partial charge in [0.05, 0.1) is 18.4 Å². The summed E-state index contributed by atoms with van der Waals surface area (Å²) in [6.07, 6.45) is -0.00606. The highest BCUT2D eigenvalue weighted by Crippen LogP contribution is 2.30. The van der Waals surface area contributed by atoms with Crippen molar-refractivity contribution in [3.05, 3.63) is 75.8 Å². The van der Waals surface area contributed by atoms with Crippen LogP contribution in [0.4, 0.5) is 0 Å². The van der Waals surface area contributed by atoms with E-state index in [1.54, 1.807) is 0 Å². The second-order valence-electron chi connectivity index (χ2n) is 8.18. The summed E-state index contributed by atoms with van der Waals surface area (Å²) in [6.45, 7) is 9.87. The number of ether oxygens (including phenoxy) is 1. The van der Waals surface area contributed by atoms with Gasteiger partial charge in [0.1, 0.15) is 9.88 Å². The van der Waals surface area contributed by atoms with Crippen LogP contribution >= 0.6 is 11.3 Å². The van der Waals surface area contributed by atoms with Crippen LogP contribution in [0, 0.1) is 20.8 Å². The number of benzene rings is 2. The molecule has 162 valence electrons. The summed E-state index contributed by atoms with van der Waals surface area (Å²) in [5, 5.41) is 3.95. The minimum atomic E-state index is -0.0743. The van der Waals surface area contributed by atoms with Crippen molar-refractivity contribution in [2.45, 2.75) is 33.4 Å². The van der Waals surface area contributed by atoms with E-state index >= 15 is 0 Å². The van der Waals surface area contributed by atoms with Crippen molar-refractivity contribution < 1.29 is 9.53 Å². The maximum Gasteiger partial charge on any atom is 0.263 e. The zero-order valence-electron chi connectivity index (χ0n) is 18.4. The molecule has 4 rings (SSSR count). The molecule has 0 radical (unpaired) electrons. The Bertz CT molecular complexity index is 1050. The second kappa shape index (κ2) is 9.73. The molecule has 3 aromatic rings. The topological polar surface area (TPSA) is 54.5 Å². The average molecular weight is 436 g/mol. The molecule has 1 unspecified atom stereocenters. The summed E-state index contributed by atoms with van der Waals surface area (Å²) in [5.74, 6) is -0.0743. The van der Waals surface area contributed by atoms with Gasteiger partial charge in [-0.2, -0.15) is 0 Å². The fourth-order valence-electron chi connectivity index (χ4n) is 3.95. The van der Waals surface area contributed by atoms with Crippen molar-refractivity contribution in [1.29, 1.82) is 0 Å². The van der Waals surface area contributed by atoms with Gasteiger partial charge in [0, 0.05) is 31.7 Å². The van der Waals surface area contributed by atoms with Crippen molar-refractivity contribution in [2.75, 3.05) is 26.2 Å². The molecule has 1 aliphatic rings. The van der Waals surface area contributed by atoms with Crippen LogP contribution in [0.15, 0.2) is 48.5 Å². The molecule has 0 saturated carbocycles. The molecule has 2 heterocycles. The molecule has 0 aliphatic carbocycles. The molecule has 1 atom stereocenters. The third kappa shape index (κ3) is 5.39. The van der Waals surface area contributed by atoms with Crippen LogP contribution in [-0.2, 0) is 11.3 Å². The molecule has 0 spiro atoms. The summed E-state index contributed by atoms with van der Waals surface area (Å²) in [7, 11) is 0. The molecule has 5 nitrogen and oxygen atoms in total. The molecular formula is C25H29N3O2S. The predicted octanol–water partition coefficient (Wildman–Crippen LogP) is 4.37. The predicted molar refractivity (Wildman–Crippen MR) is 126 cm³/mol. The normalized spacial score (nSPS) is 16.9. The molecule has 1 amide bonds. The van der Waals surface area contributed by atoms with Crippen LogP contribution in [0.3, 0.4) is 0 Å². The fourth-order valence-corrected chi connectivity index (χ4v) is 5.02. The molecule has 1 aliphatic heterocycles. The summed E-state index contributed by atoms with van der Waals surface area (Å²) in [5.41, 5.74) is 5.56. The lowest BCUT2D eigenvalue weighted by Gasteiger charge is -2.33. The number of aromatic nitrogens is 1. The molecule has 6 heteroatoms. The molecule has 1 saturated heterocycles. The second-order valence-corrected chi connectivity index (χ2v) is 9.17. The Labute approximate surface area is 188 Å². The van der Waals surface area contributed by atoms with Crippen molar-refractivity contribution in [2.24, 2.45) is 0 Å². The van der Waals surface area contributed by atoms with Gasteiger partial charge < -0.3 is 10.1 Å². The smallest absolute Gasteiger partial charge is 0.263 e. The molecule has 0 bridgehead atoms. The van der Waals surface area contributed by atoms with Crippen LogP contribution in [0.5, 0.6) is 0 Å². The van der Waals surface area contributed by atoms with E-state index in [2.05, 4.69) is 71.5 Å². The number of morpholine rings is 1. The van der Waals surface area contributed by atoms with Crippen LogP contribution < -0.4 is 5.32 Å². The lowest BCUT2D eigenvalue weighted by atomic mass is 10.1. The first kappa shape index (κ1) is 21.7. The van der Waals surface area contributed by atoms with Crippen LogP contribution in [-0.4, -0.2) is 48.1 Å². The highest BCUT2D eigenvalue weighted by atomic mass is 32.1. The number of hydrogen-bond donors (Lipinski definition) is 1. The van der Waals surface area contributed by atoms with E-state index in [0.29, 0.717) is 18.0 Å². The molecule has 31 heavy (non-hydrogen) atoms. The lowest BCUT2D eigenvalue weighted by Crippen LogP contribution is -2.47. The van der Waals surface area contributed by atoms with Gasteiger partial charge in [-0.1, -0.05) is 54.1 Å². The Balaban J connectivity index is 1.36. The SMILES string of the molecule is Cc1ccc(-c2nc(C)c(C(=O)NCC3CN(Cc4ccccc4)CCO3)s2)c(C)c1. The zero-order chi connectivity index (χ0) is 21.8. The van der Waals surface area contributed by atoms with Gasteiger partial charge in [0.2, 0.25) is 0 Å². The minimum absolute atomic E-state index is 0.00606. The lowest BCUT2D eigenvalue weighted by molar-refractivity contribution is -0.0292. The van der Waals surface area contributed by atoms with E-state index in [1.165, 1.54) is 28.0 Å². The Morgan fingerprint density at radius 3 is 2.77 bits per heavy atom. The van der Waals surface area contributed by atoms with E-state index < -0.39 is 0 Å². The van der Waals surface area contributed by atoms with Crippen LogP contribution in [0.25, 0.3) is 10.6 Å². The van der Waals surface area contributed by atoms with E-state index in [9.17, 15) is 4.79 Å². The Hall–Kier alpha value is -2.54. The maximum atomic E-state index is 12.9. The number of aryl methyl sites for hydroxylation is 3. The largest absolute Gasteiger partial charge is 0.374 e. The number of hydrogen-bond acceptors (Lipinski definition) is 5. The van der Waals surface area contributed by atoms with Crippen LogP contribution in [0.2, 0.25) is 0 Å². The van der Waals surface area contributed by atoms with Gasteiger partial charge in [-0.05, 0) is 31.9 Å². The highest BCUT2D eigenvalue weighted by Gasteiger charge is 2.23. The van der Waals surface area contributed by atoms with E-state index in [0.717, 1.165) is 35.9 Å². The van der Waals surface area contributed by atoms with E-state index in [-0.39, 0.29) is 12.0 Å². The van der Waals surface area contributed by atoms with E-state index in [1.807, 2.05) is 13.0 Å². The van der Waals surface area contributed by atoms with Crippen molar-refractivity contribution >= 4 is 17.2 Å². The number of nitrogens with one attached hydrogen (secondary N) is 1. The highest BCUT2D eigenvalue weighted by molar-refractivity contribution is 7.17. The first-order valence-corrected chi connectivity index (χ1v) is 11.5. The molecular weight excluding hydrogens is 406 g/mol. The third-order valence-electron chi connectivity index (χ3n) is 5.58.